The molecule has 0 atom stereocenters. The standard InChI is InChI=1S/C21H27N11O/c1-10-8-15(30-29-10)20-26-12(3)18(28-20)17-11(2)19(32-31-17)25-9-16(33)27-14-6-4-13(5-7-14)21(22,23)24/h4-8H,9,22-24H2,1-3H3,(H,26,28)(H,27,33)(H,29,30)(H2,25,31,32). The third-order valence-electron chi connectivity index (χ3n) is 5.16. The van der Waals surface area contributed by atoms with E-state index in [0.29, 0.717) is 22.9 Å². The van der Waals surface area contributed by atoms with E-state index in [9.17, 15) is 4.79 Å². The van der Waals surface area contributed by atoms with Crippen molar-refractivity contribution in [1.82, 2.24) is 30.4 Å². The summed E-state index contributed by atoms with van der Waals surface area (Å²) in [5.41, 5.74) is 23.0. The van der Waals surface area contributed by atoms with Crippen LogP contribution < -0.4 is 27.8 Å². The number of aryl methyl sites for hydroxylation is 2. The van der Waals surface area contributed by atoms with Gasteiger partial charge in [-0.05, 0) is 39.0 Å². The van der Waals surface area contributed by atoms with Crippen molar-refractivity contribution in [2.45, 2.75) is 26.6 Å². The van der Waals surface area contributed by atoms with Crippen molar-refractivity contribution < 1.29 is 4.79 Å². The first-order chi connectivity index (χ1) is 15.6. The second kappa shape index (κ2) is 8.50. The predicted octanol–water partition coefficient (Wildman–Crippen LogP) is 1.15. The summed E-state index contributed by atoms with van der Waals surface area (Å²) in [5, 5.41) is 20.3. The van der Waals surface area contributed by atoms with Crippen LogP contribution >= 0.6 is 0 Å². The first-order valence-electron chi connectivity index (χ1n) is 10.3. The van der Waals surface area contributed by atoms with Crippen LogP contribution in [0.15, 0.2) is 30.3 Å². The Hall–Kier alpha value is -4.00. The van der Waals surface area contributed by atoms with Crippen LogP contribution in [0.4, 0.5) is 11.5 Å². The molecule has 1 amide bonds. The fourth-order valence-electron chi connectivity index (χ4n) is 3.38. The van der Waals surface area contributed by atoms with Gasteiger partial charge in [-0.3, -0.25) is 32.2 Å². The van der Waals surface area contributed by atoms with Crippen LogP contribution in [0.1, 0.15) is 22.5 Å². The van der Waals surface area contributed by atoms with Gasteiger partial charge in [0.05, 0.1) is 12.2 Å². The summed E-state index contributed by atoms with van der Waals surface area (Å²) in [6.07, 6.45) is 0. The third kappa shape index (κ3) is 4.77. The molecule has 33 heavy (non-hydrogen) atoms. The summed E-state index contributed by atoms with van der Waals surface area (Å²) >= 11 is 0. The number of aromatic nitrogens is 6. The minimum atomic E-state index is -1.43. The van der Waals surface area contributed by atoms with Crippen LogP contribution in [0, 0.1) is 20.8 Å². The Morgan fingerprint density at radius 1 is 1.06 bits per heavy atom. The lowest BCUT2D eigenvalue weighted by Crippen LogP contribution is -2.54. The summed E-state index contributed by atoms with van der Waals surface area (Å²) in [6.45, 7) is 5.80. The van der Waals surface area contributed by atoms with Gasteiger partial charge in [0, 0.05) is 28.2 Å². The predicted molar refractivity (Wildman–Crippen MR) is 126 cm³/mol. The van der Waals surface area contributed by atoms with Gasteiger partial charge in [-0.15, -0.1) is 0 Å². The van der Waals surface area contributed by atoms with Gasteiger partial charge in [-0.1, -0.05) is 12.1 Å². The zero-order chi connectivity index (χ0) is 23.8. The zero-order valence-corrected chi connectivity index (χ0v) is 18.6. The molecule has 172 valence electrons. The van der Waals surface area contributed by atoms with E-state index >= 15 is 0 Å². The SMILES string of the molecule is Cc1cc(-c2nc(-c3[nH]nc(NCC(=O)Nc4ccc(C(N)(N)N)cc4)c3C)c(C)[nH]2)n[nH]1. The number of amides is 1. The lowest BCUT2D eigenvalue weighted by molar-refractivity contribution is -0.114. The number of nitrogens with zero attached hydrogens (tertiary/aromatic N) is 3. The third-order valence-corrected chi connectivity index (χ3v) is 5.16. The second-order valence-corrected chi connectivity index (χ2v) is 7.98. The number of H-pyrrole nitrogens is 3. The molecule has 4 aromatic rings. The highest BCUT2D eigenvalue weighted by Crippen LogP contribution is 2.29. The Bertz CT molecular complexity index is 1270. The number of anilines is 2. The number of imidazole rings is 1. The first kappa shape index (κ1) is 22.2. The Morgan fingerprint density at radius 3 is 2.42 bits per heavy atom. The number of nitrogens with two attached hydrogens (primary N) is 3. The Balaban J connectivity index is 1.41. The number of hydrogen-bond acceptors (Lipinski definition) is 8. The van der Waals surface area contributed by atoms with Crippen LogP contribution in [-0.2, 0) is 10.6 Å². The number of rotatable bonds is 7. The summed E-state index contributed by atoms with van der Waals surface area (Å²) < 4.78 is 0. The molecule has 0 bridgehead atoms. The fourth-order valence-corrected chi connectivity index (χ4v) is 3.38. The maximum absolute atomic E-state index is 12.4. The molecule has 0 aliphatic rings. The van der Waals surface area contributed by atoms with Crippen LogP contribution in [0.2, 0.25) is 0 Å². The lowest BCUT2D eigenvalue weighted by Gasteiger charge is -2.19. The summed E-state index contributed by atoms with van der Waals surface area (Å²) in [4.78, 5) is 20.3. The van der Waals surface area contributed by atoms with Crippen molar-refractivity contribution in [2.24, 2.45) is 17.2 Å². The number of carbonyl (C=O) groups excluding carboxylic acids is 1. The highest BCUT2D eigenvalue weighted by Gasteiger charge is 2.19. The van der Waals surface area contributed by atoms with Gasteiger partial charge in [-0.25, -0.2) is 4.98 Å². The molecular weight excluding hydrogens is 422 g/mol. The molecule has 3 heterocycles. The highest BCUT2D eigenvalue weighted by atomic mass is 16.1. The molecule has 1 aromatic carbocycles. The Kier molecular flexibility index (Phi) is 5.72. The summed E-state index contributed by atoms with van der Waals surface area (Å²) in [7, 11) is 0. The van der Waals surface area contributed by atoms with Gasteiger partial charge in [0.2, 0.25) is 5.91 Å². The summed E-state index contributed by atoms with van der Waals surface area (Å²) in [6, 6.07) is 8.62. The zero-order valence-electron chi connectivity index (χ0n) is 18.6. The first-order valence-corrected chi connectivity index (χ1v) is 10.3. The van der Waals surface area contributed by atoms with Gasteiger partial charge >= 0.3 is 0 Å². The number of nitrogens with one attached hydrogen (secondary N) is 5. The second-order valence-electron chi connectivity index (χ2n) is 7.98. The molecule has 0 aliphatic heterocycles. The molecule has 12 nitrogen and oxygen atoms in total. The number of aromatic amines is 3. The van der Waals surface area contributed by atoms with Crippen molar-refractivity contribution in [3.63, 3.8) is 0 Å². The van der Waals surface area contributed by atoms with Gasteiger partial charge in [0.25, 0.3) is 0 Å². The quantitative estimate of drug-likeness (QED) is 0.192. The van der Waals surface area contributed by atoms with Crippen molar-refractivity contribution in [3.8, 4) is 22.9 Å². The van der Waals surface area contributed by atoms with Crippen LogP contribution in [-0.4, -0.2) is 42.8 Å². The largest absolute Gasteiger partial charge is 0.359 e. The number of carbonyl (C=O) groups is 1. The van der Waals surface area contributed by atoms with E-state index in [0.717, 1.165) is 34.0 Å². The average molecular weight is 450 g/mol. The topological polar surface area (TPSA) is 205 Å². The van der Waals surface area contributed by atoms with E-state index in [-0.39, 0.29) is 12.5 Å². The van der Waals surface area contributed by atoms with E-state index in [1.165, 1.54) is 0 Å². The molecule has 0 spiro atoms. The maximum Gasteiger partial charge on any atom is 0.243 e. The van der Waals surface area contributed by atoms with Gasteiger partial charge < -0.3 is 15.6 Å². The molecule has 12 heteroatoms. The van der Waals surface area contributed by atoms with E-state index < -0.39 is 5.79 Å². The fraction of sp³-hybridized carbons (Fsp3) is 0.238. The maximum atomic E-state index is 12.4. The monoisotopic (exact) mass is 449 g/mol. The Morgan fingerprint density at radius 2 is 1.79 bits per heavy atom. The van der Waals surface area contributed by atoms with Crippen molar-refractivity contribution in [1.29, 1.82) is 0 Å². The van der Waals surface area contributed by atoms with E-state index in [2.05, 4.69) is 41.0 Å². The van der Waals surface area contributed by atoms with Gasteiger partial charge in [0.1, 0.15) is 17.2 Å². The molecule has 4 rings (SSSR count). The van der Waals surface area contributed by atoms with Crippen molar-refractivity contribution >= 4 is 17.4 Å². The lowest BCUT2D eigenvalue weighted by atomic mass is 10.1. The molecule has 0 unspecified atom stereocenters. The van der Waals surface area contributed by atoms with E-state index in [1.807, 2.05) is 26.8 Å². The highest BCUT2D eigenvalue weighted by molar-refractivity contribution is 5.93. The molecule has 0 fully saturated rings. The van der Waals surface area contributed by atoms with E-state index in [4.69, 9.17) is 17.2 Å². The minimum absolute atomic E-state index is 0.0266. The van der Waals surface area contributed by atoms with Crippen LogP contribution in [0.5, 0.6) is 0 Å². The smallest absolute Gasteiger partial charge is 0.243 e. The number of benzene rings is 1. The van der Waals surface area contributed by atoms with Crippen LogP contribution in [0.3, 0.4) is 0 Å². The van der Waals surface area contributed by atoms with Crippen molar-refractivity contribution in [2.75, 3.05) is 17.2 Å². The molecule has 0 aliphatic carbocycles. The van der Waals surface area contributed by atoms with Crippen LogP contribution in [0.25, 0.3) is 22.9 Å². The normalized spacial score (nSPS) is 11.6. The Labute approximate surface area is 189 Å². The van der Waals surface area contributed by atoms with E-state index in [1.54, 1.807) is 24.3 Å². The van der Waals surface area contributed by atoms with Crippen molar-refractivity contribution in [3.05, 3.63) is 52.8 Å². The number of hydrogen-bond donors (Lipinski definition) is 8. The molecule has 0 saturated carbocycles. The molecular formula is C21H27N11O. The summed E-state index contributed by atoms with van der Waals surface area (Å²) in [5.74, 6) is -0.437. The van der Waals surface area contributed by atoms with Gasteiger partial charge in [-0.2, -0.15) is 10.2 Å². The average Bonchev–Trinajstić information content (AvgIpc) is 3.45. The molecule has 0 saturated heterocycles. The molecule has 3 aromatic heterocycles. The molecule has 0 radical (unpaired) electrons. The minimum Gasteiger partial charge on any atom is -0.359 e. The molecule has 11 N–H and O–H groups in total. The van der Waals surface area contributed by atoms with Gasteiger partial charge in [0.15, 0.2) is 11.6 Å².